The van der Waals surface area contributed by atoms with Crippen molar-refractivity contribution in [2.75, 3.05) is 18.5 Å². The summed E-state index contributed by atoms with van der Waals surface area (Å²) in [6.07, 6.45) is 4.14. The fraction of sp³-hybridized carbons (Fsp3) is 0.667. The largest absolute Gasteiger partial charge is 0.396 e. The topological polar surface area (TPSA) is 58.0 Å². The lowest BCUT2D eigenvalue weighted by Gasteiger charge is -2.09. The van der Waals surface area contributed by atoms with Crippen LogP contribution in [0, 0.1) is 13.8 Å². The number of nitrogens with one attached hydrogen (secondary N) is 1. The molecule has 4 nitrogen and oxygen atoms in total. The Morgan fingerprint density at radius 3 is 2.53 bits per heavy atom. The highest BCUT2D eigenvalue weighted by molar-refractivity contribution is 6.30. The van der Waals surface area contributed by atoms with Gasteiger partial charge < -0.3 is 10.4 Å². The van der Waals surface area contributed by atoms with Crippen LogP contribution in [0.5, 0.6) is 0 Å². The maximum absolute atomic E-state index is 8.65. The third-order valence-corrected chi connectivity index (χ3v) is 2.94. The van der Waals surface area contributed by atoms with Gasteiger partial charge in [-0.25, -0.2) is 9.97 Å². The van der Waals surface area contributed by atoms with E-state index >= 15 is 0 Å². The molecule has 0 unspecified atom stereocenters. The Balaban J connectivity index is 2.36. The fourth-order valence-corrected chi connectivity index (χ4v) is 1.78. The Kier molecular flexibility index (Phi) is 6.22. The van der Waals surface area contributed by atoms with Crippen molar-refractivity contribution in [1.29, 1.82) is 0 Å². The van der Waals surface area contributed by atoms with E-state index in [2.05, 4.69) is 15.3 Å². The molecule has 0 aliphatic carbocycles. The first kappa shape index (κ1) is 14.2. The summed E-state index contributed by atoms with van der Waals surface area (Å²) >= 11 is 5.98. The van der Waals surface area contributed by atoms with Crippen LogP contribution in [-0.4, -0.2) is 28.2 Å². The zero-order chi connectivity index (χ0) is 12.7. The second-order valence-electron chi connectivity index (χ2n) is 4.10. The molecule has 0 aliphatic heterocycles. The van der Waals surface area contributed by atoms with Gasteiger partial charge in [0.25, 0.3) is 0 Å². The summed E-state index contributed by atoms with van der Waals surface area (Å²) < 4.78 is 0. The number of hydrogen-bond acceptors (Lipinski definition) is 4. The van der Waals surface area contributed by atoms with E-state index in [1.165, 1.54) is 0 Å². The Hall–Kier alpha value is -0.870. The monoisotopic (exact) mass is 257 g/mol. The average Bonchev–Trinajstić information content (AvgIpc) is 2.29. The van der Waals surface area contributed by atoms with Gasteiger partial charge in [0, 0.05) is 18.7 Å². The van der Waals surface area contributed by atoms with Gasteiger partial charge in [-0.1, -0.05) is 24.4 Å². The molecule has 0 saturated carbocycles. The third-order valence-electron chi connectivity index (χ3n) is 2.58. The standard InChI is InChI=1S/C12H20ClN3O/c1-9-11(13)15-10(2)16-12(9)14-7-5-3-4-6-8-17/h17H,3-8H2,1-2H3,(H,14,15,16). The molecule has 2 N–H and O–H groups in total. The molecule has 1 aromatic heterocycles. The minimum absolute atomic E-state index is 0.285. The molecule has 0 bridgehead atoms. The maximum Gasteiger partial charge on any atom is 0.137 e. The van der Waals surface area contributed by atoms with Gasteiger partial charge in [-0.15, -0.1) is 0 Å². The Morgan fingerprint density at radius 1 is 1.12 bits per heavy atom. The number of unbranched alkanes of at least 4 members (excludes halogenated alkanes) is 3. The van der Waals surface area contributed by atoms with Crippen LogP contribution in [0.15, 0.2) is 0 Å². The SMILES string of the molecule is Cc1nc(Cl)c(C)c(NCCCCCCO)n1. The van der Waals surface area contributed by atoms with E-state index < -0.39 is 0 Å². The summed E-state index contributed by atoms with van der Waals surface area (Å²) in [7, 11) is 0. The molecule has 96 valence electrons. The van der Waals surface area contributed by atoms with Crippen LogP contribution < -0.4 is 5.32 Å². The van der Waals surface area contributed by atoms with E-state index in [1.54, 1.807) is 0 Å². The van der Waals surface area contributed by atoms with Crippen molar-refractivity contribution in [2.24, 2.45) is 0 Å². The molecule has 1 rings (SSSR count). The molecule has 0 spiro atoms. The van der Waals surface area contributed by atoms with Crippen molar-refractivity contribution in [3.8, 4) is 0 Å². The molecule has 0 radical (unpaired) electrons. The van der Waals surface area contributed by atoms with Crippen molar-refractivity contribution in [3.05, 3.63) is 16.5 Å². The minimum atomic E-state index is 0.285. The molecule has 1 aromatic rings. The average molecular weight is 258 g/mol. The lowest BCUT2D eigenvalue weighted by Crippen LogP contribution is -2.07. The Labute approximate surface area is 107 Å². The number of aryl methyl sites for hydroxylation is 1. The summed E-state index contributed by atoms with van der Waals surface area (Å²) in [4.78, 5) is 8.41. The quantitative estimate of drug-likeness (QED) is 0.583. The highest BCUT2D eigenvalue weighted by atomic mass is 35.5. The molecule has 0 fully saturated rings. The summed E-state index contributed by atoms with van der Waals surface area (Å²) in [6.45, 7) is 4.90. The molecule has 0 aliphatic rings. The van der Waals surface area contributed by atoms with Crippen LogP contribution in [0.3, 0.4) is 0 Å². The van der Waals surface area contributed by atoms with Gasteiger partial charge in [-0.05, 0) is 26.7 Å². The van der Waals surface area contributed by atoms with E-state index in [9.17, 15) is 0 Å². The first-order valence-corrected chi connectivity index (χ1v) is 6.38. The van der Waals surface area contributed by atoms with Crippen LogP contribution >= 0.6 is 11.6 Å². The van der Waals surface area contributed by atoms with E-state index in [4.69, 9.17) is 16.7 Å². The number of nitrogens with zero attached hydrogens (tertiary/aromatic N) is 2. The predicted molar refractivity (Wildman–Crippen MR) is 70.6 cm³/mol. The Morgan fingerprint density at radius 2 is 1.82 bits per heavy atom. The normalized spacial score (nSPS) is 10.6. The number of aliphatic hydroxyl groups is 1. The van der Waals surface area contributed by atoms with E-state index in [0.717, 1.165) is 43.6 Å². The van der Waals surface area contributed by atoms with Crippen molar-refractivity contribution in [2.45, 2.75) is 39.5 Å². The van der Waals surface area contributed by atoms with Gasteiger partial charge in [-0.2, -0.15) is 0 Å². The Bertz CT molecular complexity index is 358. The van der Waals surface area contributed by atoms with Gasteiger partial charge in [0.2, 0.25) is 0 Å². The molecule has 5 heteroatoms. The molecule has 17 heavy (non-hydrogen) atoms. The van der Waals surface area contributed by atoms with Gasteiger partial charge in [0.15, 0.2) is 0 Å². The third kappa shape index (κ3) is 4.88. The molecule has 0 saturated heterocycles. The van der Waals surface area contributed by atoms with E-state index in [0.29, 0.717) is 11.0 Å². The summed E-state index contributed by atoms with van der Waals surface area (Å²) in [5.41, 5.74) is 0.896. The van der Waals surface area contributed by atoms with Crippen molar-refractivity contribution in [1.82, 2.24) is 9.97 Å². The number of hydrogen-bond donors (Lipinski definition) is 2. The van der Waals surface area contributed by atoms with Crippen LogP contribution in [0.25, 0.3) is 0 Å². The van der Waals surface area contributed by atoms with Crippen LogP contribution in [0.2, 0.25) is 5.15 Å². The van der Waals surface area contributed by atoms with Gasteiger partial charge >= 0.3 is 0 Å². The lowest BCUT2D eigenvalue weighted by molar-refractivity contribution is 0.283. The summed E-state index contributed by atoms with van der Waals surface area (Å²) in [5, 5.41) is 12.4. The number of rotatable bonds is 7. The number of aromatic nitrogens is 2. The first-order chi connectivity index (χ1) is 8.15. The molecule has 0 aromatic carbocycles. The zero-order valence-electron chi connectivity index (χ0n) is 10.5. The molecular weight excluding hydrogens is 238 g/mol. The van der Waals surface area contributed by atoms with Gasteiger partial charge in [0.1, 0.15) is 16.8 Å². The second-order valence-corrected chi connectivity index (χ2v) is 4.46. The van der Waals surface area contributed by atoms with Crippen LogP contribution in [0.4, 0.5) is 5.82 Å². The lowest BCUT2D eigenvalue weighted by atomic mass is 10.2. The highest BCUT2D eigenvalue weighted by Crippen LogP contribution is 2.19. The predicted octanol–water partition coefficient (Wildman–Crippen LogP) is 2.71. The summed E-state index contributed by atoms with van der Waals surface area (Å²) in [6, 6.07) is 0. The first-order valence-electron chi connectivity index (χ1n) is 6.00. The fourth-order valence-electron chi connectivity index (χ4n) is 1.56. The zero-order valence-corrected chi connectivity index (χ0v) is 11.2. The smallest absolute Gasteiger partial charge is 0.137 e. The summed E-state index contributed by atoms with van der Waals surface area (Å²) in [5.74, 6) is 1.51. The molecule has 0 atom stereocenters. The molecule has 0 amide bonds. The van der Waals surface area contributed by atoms with Gasteiger partial charge in [-0.3, -0.25) is 0 Å². The molecular formula is C12H20ClN3O. The minimum Gasteiger partial charge on any atom is -0.396 e. The van der Waals surface area contributed by atoms with Crippen molar-refractivity contribution in [3.63, 3.8) is 0 Å². The van der Waals surface area contributed by atoms with Gasteiger partial charge in [0.05, 0.1) is 0 Å². The maximum atomic E-state index is 8.65. The second kappa shape index (κ2) is 7.45. The van der Waals surface area contributed by atoms with Crippen molar-refractivity contribution >= 4 is 17.4 Å². The highest BCUT2D eigenvalue weighted by Gasteiger charge is 2.06. The van der Waals surface area contributed by atoms with E-state index in [-0.39, 0.29) is 6.61 Å². The number of halogens is 1. The molecule has 1 heterocycles. The number of anilines is 1. The number of aliphatic hydroxyl groups excluding tert-OH is 1. The van der Waals surface area contributed by atoms with Crippen LogP contribution in [0.1, 0.15) is 37.1 Å². The van der Waals surface area contributed by atoms with E-state index in [1.807, 2.05) is 13.8 Å². The van der Waals surface area contributed by atoms with Crippen molar-refractivity contribution < 1.29 is 5.11 Å². The van der Waals surface area contributed by atoms with Crippen LogP contribution in [-0.2, 0) is 0 Å².